The molecule has 0 spiro atoms. The van der Waals surface area contributed by atoms with Crippen molar-refractivity contribution in [3.8, 4) is 39.9 Å². The minimum Gasteiger partial charge on any atom is -0.308 e. The van der Waals surface area contributed by atoms with Gasteiger partial charge >= 0.3 is 0 Å². The molecule has 7 aromatic rings. The van der Waals surface area contributed by atoms with Crippen LogP contribution in [0.1, 0.15) is 10.4 Å². The van der Waals surface area contributed by atoms with E-state index >= 15 is 0 Å². The molecule has 6 heteroatoms. The third-order valence-electron chi connectivity index (χ3n) is 7.87. The van der Waals surface area contributed by atoms with E-state index in [1.165, 1.54) is 4.70 Å². The van der Waals surface area contributed by atoms with Gasteiger partial charge in [0.25, 0.3) is 0 Å². The Morgan fingerprint density at radius 3 is 1.96 bits per heavy atom. The van der Waals surface area contributed by atoms with Gasteiger partial charge in [0.05, 0.1) is 27.2 Å². The molecule has 0 bridgehead atoms. The molecule has 214 valence electrons. The van der Waals surface area contributed by atoms with Crippen LogP contribution in [0.25, 0.3) is 66.5 Å². The monoisotopic (exact) mass is 597 g/mol. The predicted octanol–water partition coefficient (Wildman–Crippen LogP) is 9.59. The van der Waals surface area contributed by atoms with Gasteiger partial charge in [0.1, 0.15) is 0 Å². The maximum atomic E-state index is 5.00. The lowest BCUT2D eigenvalue weighted by Gasteiger charge is -2.11. The Labute approximate surface area is 264 Å². The number of fused-ring (bicyclic) bond motifs is 5. The molecule has 0 fully saturated rings. The lowest BCUT2D eigenvalue weighted by Crippen LogP contribution is -2.00. The number of thiophene rings is 1. The molecule has 5 nitrogen and oxygen atoms in total. The smallest absolute Gasteiger partial charge is 0.164 e. The summed E-state index contributed by atoms with van der Waals surface area (Å²) in [5, 5.41) is 1.13. The standard InChI is InChI=1S/C39H27N5S/c1-26-14-6-5-13-23-40-25-33-34(26)35-36(45-33)31-24-29(21-22-32(31)44(35)30-19-11-4-12-20-30)39-42-37(27-15-7-2-8-16-27)41-38(43-39)28-17-9-3-10-18-28/h2-22,24-25H,1,23H2/b13-5-,14-6-,40-25?. The zero-order chi connectivity index (χ0) is 30.2. The van der Waals surface area contributed by atoms with Gasteiger partial charge in [-0.2, -0.15) is 0 Å². The first kappa shape index (κ1) is 26.9. The zero-order valence-electron chi connectivity index (χ0n) is 24.3. The molecule has 0 radical (unpaired) electrons. The van der Waals surface area contributed by atoms with Crippen molar-refractivity contribution in [3.05, 3.63) is 151 Å². The highest BCUT2D eigenvalue weighted by Crippen LogP contribution is 2.44. The number of hydrogen-bond donors (Lipinski definition) is 0. The Morgan fingerprint density at radius 1 is 0.667 bits per heavy atom. The van der Waals surface area contributed by atoms with Gasteiger partial charge in [0.2, 0.25) is 0 Å². The summed E-state index contributed by atoms with van der Waals surface area (Å²) in [6, 6.07) is 37.2. The Bertz CT molecular complexity index is 2230. The van der Waals surface area contributed by atoms with E-state index in [-0.39, 0.29) is 0 Å². The van der Waals surface area contributed by atoms with Gasteiger partial charge in [-0.15, -0.1) is 11.3 Å². The molecule has 0 amide bonds. The molecule has 0 saturated carbocycles. The second-order valence-electron chi connectivity index (χ2n) is 10.8. The molecule has 8 rings (SSSR count). The predicted molar refractivity (Wildman–Crippen MR) is 188 cm³/mol. The van der Waals surface area contributed by atoms with E-state index in [1.807, 2.05) is 91.2 Å². The lowest BCUT2D eigenvalue weighted by molar-refractivity contribution is 1.07. The van der Waals surface area contributed by atoms with Crippen LogP contribution < -0.4 is 0 Å². The van der Waals surface area contributed by atoms with Crippen molar-refractivity contribution in [3.63, 3.8) is 0 Å². The Balaban J connectivity index is 1.40. The van der Waals surface area contributed by atoms with Gasteiger partial charge in [-0.1, -0.05) is 110 Å². The van der Waals surface area contributed by atoms with Crippen LogP contribution in [0.15, 0.2) is 145 Å². The highest BCUT2D eigenvalue weighted by molar-refractivity contribution is 7.22. The quantitative estimate of drug-likeness (QED) is 0.203. The molecule has 0 N–H and O–H groups in total. The summed E-state index contributed by atoms with van der Waals surface area (Å²) >= 11 is 1.75. The Morgan fingerprint density at radius 2 is 1.29 bits per heavy atom. The summed E-state index contributed by atoms with van der Waals surface area (Å²) in [6.45, 7) is 5.12. The fourth-order valence-electron chi connectivity index (χ4n) is 5.78. The first-order chi connectivity index (χ1) is 22.2. The van der Waals surface area contributed by atoms with Gasteiger partial charge < -0.3 is 4.57 Å². The van der Waals surface area contributed by atoms with Crippen molar-refractivity contribution in [2.75, 3.05) is 6.54 Å². The summed E-state index contributed by atoms with van der Waals surface area (Å²) in [5.74, 6) is 1.92. The van der Waals surface area contributed by atoms with E-state index in [2.05, 4.69) is 59.7 Å². The third-order valence-corrected chi connectivity index (χ3v) is 9.02. The van der Waals surface area contributed by atoms with Crippen LogP contribution >= 0.6 is 11.3 Å². The highest BCUT2D eigenvalue weighted by atomic mass is 32.1. The molecular weight excluding hydrogens is 571 g/mol. The fourth-order valence-corrected chi connectivity index (χ4v) is 7.02. The normalized spacial score (nSPS) is 14.4. The average molecular weight is 598 g/mol. The van der Waals surface area contributed by atoms with Crippen LogP contribution in [0, 0.1) is 0 Å². The number of para-hydroxylation sites is 1. The van der Waals surface area contributed by atoms with Crippen molar-refractivity contribution in [1.29, 1.82) is 0 Å². The van der Waals surface area contributed by atoms with Gasteiger partial charge in [-0.05, 0) is 35.9 Å². The first-order valence-corrected chi connectivity index (χ1v) is 15.6. The summed E-state index contributed by atoms with van der Waals surface area (Å²) < 4.78 is 3.52. The molecule has 0 aliphatic carbocycles. The number of rotatable bonds is 4. The van der Waals surface area contributed by atoms with Gasteiger partial charge in [-0.25, -0.2) is 15.0 Å². The molecule has 1 aliphatic rings. The van der Waals surface area contributed by atoms with Crippen LogP contribution in [-0.4, -0.2) is 32.3 Å². The summed E-state index contributed by atoms with van der Waals surface area (Å²) in [7, 11) is 0. The molecule has 1 aliphatic heterocycles. The van der Waals surface area contributed by atoms with Crippen molar-refractivity contribution >= 4 is 44.2 Å². The van der Waals surface area contributed by atoms with E-state index in [0.29, 0.717) is 24.0 Å². The number of benzene rings is 4. The van der Waals surface area contributed by atoms with E-state index in [0.717, 1.165) is 54.8 Å². The van der Waals surface area contributed by atoms with E-state index in [4.69, 9.17) is 19.9 Å². The van der Waals surface area contributed by atoms with Crippen molar-refractivity contribution in [2.24, 2.45) is 4.99 Å². The van der Waals surface area contributed by atoms with Gasteiger partial charge in [0, 0.05) is 39.5 Å². The van der Waals surface area contributed by atoms with E-state index < -0.39 is 0 Å². The third kappa shape index (κ3) is 4.91. The molecule has 0 unspecified atom stereocenters. The summed E-state index contributed by atoms with van der Waals surface area (Å²) in [6.07, 6.45) is 10.2. The molecule has 0 atom stereocenters. The van der Waals surface area contributed by atoms with E-state index in [9.17, 15) is 0 Å². The number of hydrogen-bond acceptors (Lipinski definition) is 5. The van der Waals surface area contributed by atoms with Crippen LogP contribution in [-0.2, 0) is 0 Å². The Kier molecular flexibility index (Phi) is 6.81. The number of aliphatic imine (C=N–C) groups is 1. The molecule has 3 aromatic heterocycles. The average Bonchev–Trinajstić information content (AvgIpc) is 3.62. The second-order valence-corrected chi connectivity index (χ2v) is 11.8. The fraction of sp³-hybridized carbons (Fsp3) is 0.0256. The molecular formula is C39H27N5S. The first-order valence-electron chi connectivity index (χ1n) is 14.8. The Hall–Kier alpha value is -5.72. The SMILES string of the molecule is C=C1/C=C\C=C/CN=Cc2sc3c4cc(-c5nc(-c6ccccc6)nc(-c6ccccc6)n5)ccc4n(-c4ccccc4)c3c21. The second kappa shape index (κ2) is 11.4. The van der Waals surface area contributed by atoms with Crippen molar-refractivity contribution < 1.29 is 0 Å². The maximum Gasteiger partial charge on any atom is 0.164 e. The van der Waals surface area contributed by atoms with Crippen LogP contribution in [0.5, 0.6) is 0 Å². The van der Waals surface area contributed by atoms with Crippen molar-refractivity contribution in [2.45, 2.75) is 0 Å². The number of allylic oxidation sites excluding steroid dienone is 4. The molecule has 4 aromatic carbocycles. The summed E-state index contributed by atoms with van der Waals surface area (Å²) in [4.78, 5) is 20.7. The minimum absolute atomic E-state index is 0.632. The highest BCUT2D eigenvalue weighted by Gasteiger charge is 2.23. The van der Waals surface area contributed by atoms with Gasteiger partial charge in [-0.3, -0.25) is 4.99 Å². The largest absolute Gasteiger partial charge is 0.308 e. The topological polar surface area (TPSA) is 56.0 Å². The molecule has 0 saturated heterocycles. The maximum absolute atomic E-state index is 5.00. The van der Waals surface area contributed by atoms with Crippen LogP contribution in [0.2, 0.25) is 0 Å². The van der Waals surface area contributed by atoms with Crippen LogP contribution in [0.4, 0.5) is 0 Å². The number of aromatic nitrogens is 4. The minimum atomic E-state index is 0.632. The van der Waals surface area contributed by atoms with Gasteiger partial charge in [0.15, 0.2) is 17.5 Å². The molecule has 4 heterocycles. The lowest BCUT2D eigenvalue weighted by atomic mass is 10.1. The van der Waals surface area contributed by atoms with Crippen LogP contribution in [0.3, 0.4) is 0 Å². The molecule has 45 heavy (non-hydrogen) atoms. The summed E-state index contributed by atoms with van der Waals surface area (Å²) in [5.41, 5.74) is 8.21. The zero-order valence-corrected chi connectivity index (χ0v) is 25.2. The van der Waals surface area contributed by atoms with E-state index in [1.54, 1.807) is 11.3 Å². The number of nitrogens with zero attached hydrogens (tertiary/aromatic N) is 5. The van der Waals surface area contributed by atoms with Crippen molar-refractivity contribution in [1.82, 2.24) is 19.5 Å².